The highest BCUT2D eigenvalue weighted by Gasteiger charge is 2.42. The fourth-order valence-electron chi connectivity index (χ4n) is 3.44. The number of rotatable bonds is 7. The average Bonchev–Trinajstić information content (AvgIpc) is 2.50. The molecule has 118 valence electrons. The van der Waals surface area contributed by atoms with Gasteiger partial charge in [0.1, 0.15) is 5.82 Å². The number of ether oxygens (including phenoxy) is 1. The lowest BCUT2D eigenvalue weighted by molar-refractivity contribution is -0.0918. The standard InChI is InChI=1S/C17H27FN2O/c1-3-11-20-16(14-8-12-19-13-15(14)18)17(21-4-2)9-6-5-7-10-17/h8,12-13,16,20H,3-7,9-11H2,1-2H3. The highest BCUT2D eigenvalue weighted by atomic mass is 19.1. The monoisotopic (exact) mass is 294 g/mol. The van der Waals surface area contributed by atoms with Crippen LogP contribution < -0.4 is 5.32 Å². The predicted octanol–water partition coefficient (Wildman–Crippen LogP) is 4.00. The Hall–Kier alpha value is -1.00. The Kier molecular flexibility index (Phi) is 6.12. The Morgan fingerprint density at radius 3 is 2.71 bits per heavy atom. The Bertz CT molecular complexity index is 427. The minimum atomic E-state index is -0.287. The van der Waals surface area contributed by atoms with Crippen molar-refractivity contribution in [2.75, 3.05) is 13.2 Å². The van der Waals surface area contributed by atoms with Crippen LogP contribution in [0.15, 0.2) is 18.5 Å². The van der Waals surface area contributed by atoms with Crippen molar-refractivity contribution in [1.29, 1.82) is 0 Å². The first-order valence-electron chi connectivity index (χ1n) is 8.20. The lowest BCUT2D eigenvalue weighted by Crippen LogP contribution is -2.48. The molecule has 1 aromatic rings. The highest BCUT2D eigenvalue weighted by Crippen LogP contribution is 2.42. The van der Waals surface area contributed by atoms with E-state index in [0.717, 1.165) is 38.6 Å². The van der Waals surface area contributed by atoms with Crippen molar-refractivity contribution in [3.63, 3.8) is 0 Å². The second-order valence-electron chi connectivity index (χ2n) is 5.84. The van der Waals surface area contributed by atoms with Crippen molar-refractivity contribution in [2.45, 2.75) is 64.0 Å². The lowest BCUT2D eigenvalue weighted by atomic mass is 9.76. The van der Waals surface area contributed by atoms with Gasteiger partial charge in [0.25, 0.3) is 0 Å². The van der Waals surface area contributed by atoms with Crippen molar-refractivity contribution >= 4 is 0 Å². The van der Waals surface area contributed by atoms with Crippen LogP contribution in [0.3, 0.4) is 0 Å². The van der Waals surface area contributed by atoms with Gasteiger partial charge in [-0.15, -0.1) is 0 Å². The number of halogens is 1. The molecule has 0 saturated heterocycles. The second kappa shape index (κ2) is 7.85. The van der Waals surface area contributed by atoms with Crippen molar-refractivity contribution in [3.8, 4) is 0 Å². The zero-order chi connectivity index (χ0) is 15.1. The van der Waals surface area contributed by atoms with Gasteiger partial charge in [0.15, 0.2) is 0 Å². The van der Waals surface area contributed by atoms with Crippen molar-refractivity contribution in [2.24, 2.45) is 0 Å². The summed E-state index contributed by atoms with van der Waals surface area (Å²) in [5.74, 6) is -0.240. The fraction of sp³-hybridized carbons (Fsp3) is 0.706. The van der Waals surface area contributed by atoms with Crippen molar-refractivity contribution in [1.82, 2.24) is 10.3 Å². The third-order valence-corrected chi connectivity index (χ3v) is 4.37. The van der Waals surface area contributed by atoms with Gasteiger partial charge >= 0.3 is 0 Å². The number of nitrogens with zero attached hydrogens (tertiary/aromatic N) is 1. The van der Waals surface area contributed by atoms with Crippen LogP contribution in [0.4, 0.5) is 4.39 Å². The van der Waals surface area contributed by atoms with Gasteiger partial charge in [-0.1, -0.05) is 26.2 Å². The summed E-state index contributed by atoms with van der Waals surface area (Å²) in [4.78, 5) is 3.88. The highest BCUT2D eigenvalue weighted by molar-refractivity contribution is 5.22. The number of pyridine rings is 1. The van der Waals surface area contributed by atoms with Crippen LogP contribution >= 0.6 is 0 Å². The van der Waals surface area contributed by atoms with Gasteiger partial charge in [-0.2, -0.15) is 0 Å². The van der Waals surface area contributed by atoms with Gasteiger partial charge in [0, 0.05) is 18.4 Å². The molecule has 0 aromatic carbocycles. The molecule has 0 bridgehead atoms. The Morgan fingerprint density at radius 2 is 2.10 bits per heavy atom. The van der Waals surface area contributed by atoms with E-state index in [1.807, 2.05) is 6.92 Å². The first kappa shape index (κ1) is 16.4. The van der Waals surface area contributed by atoms with E-state index in [0.29, 0.717) is 12.2 Å². The number of aromatic nitrogens is 1. The molecule has 0 radical (unpaired) electrons. The molecule has 0 amide bonds. The van der Waals surface area contributed by atoms with Gasteiger partial charge in [-0.25, -0.2) is 4.39 Å². The van der Waals surface area contributed by atoms with Crippen molar-refractivity contribution in [3.05, 3.63) is 29.8 Å². The molecule has 0 aliphatic heterocycles. The fourth-order valence-corrected chi connectivity index (χ4v) is 3.44. The maximum absolute atomic E-state index is 14.3. The molecular weight excluding hydrogens is 267 g/mol. The molecule has 1 saturated carbocycles. The summed E-state index contributed by atoms with van der Waals surface area (Å²) >= 11 is 0. The summed E-state index contributed by atoms with van der Waals surface area (Å²) in [5, 5.41) is 3.53. The maximum Gasteiger partial charge on any atom is 0.146 e. The van der Waals surface area contributed by atoms with Gasteiger partial charge in [-0.3, -0.25) is 4.98 Å². The van der Waals surface area contributed by atoms with E-state index < -0.39 is 0 Å². The Balaban J connectivity index is 2.34. The third-order valence-electron chi connectivity index (χ3n) is 4.37. The van der Waals surface area contributed by atoms with E-state index >= 15 is 0 Å². The Morgan fingerprint density at radius 1 is 1.33 bits per heavy atom. The summed E-state index contributed by atoms with van der Waals surface area (Å²) in [6.07, 6.45) is 9.52. The van der Waals surface area contributed by atoms with Gasteiger partial charge < -0.3 is 10.1 Å². The van der Waals surface area contributed by atoms with Crippen LogP contribution in [0.25, 0.3) is 0 Å². The number of hydrogen-bond acceptors (Lipinski definition) is 3. The molecule has 1 fully saturated rings. The van der Waals surface area contributed by atoms with E-state index in [2.05, 4.69) is 17.2 Å². The molecule has 1 aliphatic carbocycles. The minimum Gasteiger partial charge on any atom is -0.373 e. The second-order valence-corrected chi connectivity index (χ2v) is 5.84. The summed E-state index contributed by atoms with van der Waals surface area (Å²) < 4.78 is 20.5. The van der Waals surface area contributed by atoms with Crippen LogP contribution in [-0.2, 0) is 4.74 Å². The Labute approximate surface area is 127 Å². The summed E-state index contributed by atoms with van der Waals surface area (Å²) in [5.41, 5.74) is 0.401. The molecule has 0 spiro atoms. The molecule has 1 unspecified atom stereocenters. The number of nitrogens with one attached hydrogen (secondary N) is 1. The minimum absolute atomic E-state index is 0.0966. The van der Waals surface area contributed by atoms with Crippen molar-refractivity contribution < 1.29 is 9.13 Å². The van der Waals surface area contributed by atoms with Crippen LogP contribution in [0.5, 0.6) is 0 Å². The van der Waals surface area contributed by atoms with Crippen LogP contribution in [0, 0.1) is 5.82 Å². The first-order valence-corrected chi connectivity index (χ1v) is 8.20. The molecule has 1 aromatic heterocycles. The summed E-state index contributed by atoms with van der Waals surface area (Å²) in [6.45, 7) is 5.68. The van der Waals surface area contributed by atoms with Crippen LogP contribution in [0.2, 0.25) is 0 Å². The van der Waals surface area contributed by atoms with Gasteiger partial charge in [-0.05, 0) is 38.8 Å². The smallest absolute Gasteiger partial charge is 0.146 e. The van der Waals surface area contributed by atoms with Gasteiger partial charge in [0.05, 0.1) is 17.8 Å². The molecule has 1 N–H and O–H groups in total. The average molecular weight is 294 g/mol. The topological polar surface area (TPSA) is 34.2 Å². The zero-order valence-corrected chi connectivity index (χ0v) is 13.2. The summed E-state index contributed by atoms with van der Waals surface area (Å²) in [6, 6.07) is 1.69. The van der Waals surface area contributed by atoms with E-state index in [9.17, 15) is 4.39 Å². The molecule has 2 rings (SSSR count). The normalized spacial score (nSPS) is 19.4. The molecule has 1 atom stereocenters. The van der Waals surface area contributed by atoms with E-state index in [-0.39, 0.29) is 17.5 Å². The quantitative estimate of drug-likeness (QED) is 0.825. The van der Waals surface area contributed by atoms with E-state index in [1.165, 1.54) is 12.6 Å². The zero-order valence-electron chi connectivity index (χ0n) is 13.2. The SMILES string of the molecule is CCCNC(c1ccncc1F)C1(OCC)CCCCC1. The van der Waals surface area contributed by atoms with E-state index in [1.54, 1.807) is 12.3 Å². The van der Waals surface area contributed by atoms with Crippen LogP contribution in [0.1, 0.15) is 64.0 Å². The third kappa shape index (κ3) is 3.80. The predicted molar refractivity (Wildman–Crippen MR) is 82.7 cm³/mol. The van der Waals surface area contributed by atoms with Crippen LogP contribution in [-0.4, -0.2) is 23.7 Å². The lowest BCUT2D eigenvalue weighted by Gasteiger charge is -2.44. The van der Waals surface area contributed by atoms with Gasteiger partial charge in [0.2, 0.25) is 0 Å². The molecule has 1 aliphatic rings. The van der Waals surface area contributed by atoms with E-state index in [4.69, 9.17) is 4.74 Å². The summed E-state index contributed by atoms with van der Waals surface area (Å²) in [7, 11) is 0. The molecule has 3 nitrogen and oxygen atoms in total. The molecule has 21 heavy (non-hydrogen) atoms. The molecule has 1 heterocycles. The first-order chi connectivity index (χ1) is 10.2. The number of hydrogen-bond donors (Lipinski definition) is 1. The molecular formula is C17H27FN2O. The maximum atomic E-state index is 14.3. The molecule has 4 heteroatoms. The largest absolute Gasteiger partial charge is 0.373 e.